The van der Waals surface area contributed by atoms with E-state index in [9.17, 15) is 0 Å². The Balaban J connectivity index is 2.13. The van der Waals surface area contributed by atoms with Crippen LogP contribution in [0.3, 0.4) is 0 Å². The van der Waals surface area contributed by atoms with Gasteiger partial charge in [-0.2, -0.15) is 0 Å². The lowest BCUT2D eigenvalue weighted by molar-refractivity contribution is 0.414. The molecule has 2 aromatic carbocycles. The molecule has 0 atom stereocenters. The highest BCUT2D eigenvalue weighted by atomic mass is 16.5. The summed E-state index contributed by atoms with van der Waals surface area (Å²) in [6.45, 7) is 0.820. The van der Waals surface area contributed by atoms with Gasteiger partial charge in [-0.1, -0.05) is 18.2 Å². The molecule has 0 saturated carbocycles. The largest absolute Gasteiger partial charge is 0.497 e. The van der Waals surface area contributed by atoms with Crippen molar-refractivity contribution in [1.82, 2.24) is 0 Å². The molecule has 0 radical (unpaired) electrons. The molecule has 0 bridgehead atoms. The maximum absolute atomic E-state index is 5.79. The Morgan fingerprint density at radius 1 is 1.11 bits per heavy atom. The maximum atomic E-state index is 5.79. The van der Waals surface area contributed by atoms with E-state index < -0.39 is 0 Å². The van der Waals surface area contributed by atoms with Gasteiger partial charge >= 0.3 is 0 Å². The van der Waals surface area contributed by atoms with E-state index in [0.29, 0.717) is 0 Å². The Hall–Kier alpha value is -2.16. The highest BCUT2D eigenvalue weighted by Crippen LogP contribution is 2.20. The average molecular weight is 242 g/mol. The lowest BCUT2D eigenvalue weighted by Crippen LogP contribution is -2.16. The second-order valence-electron chi connectivity index (χ2n) is 4.30. The van der Waals surface area contributed by atoms with E-state index in [1.54, 1.807) is 7.11 Å². The number of anilines is 2. The zero-order valence-corrected chi connectivity index (χ0v) is 10.8. The van der Waals surface area contributed by atoms with Gasteiger partial charge in [-0.25, -0.2) is 0 Å². The summed E-state index contributed by atoms with van der Waals surface area (Å²) in [5.41, 5.74) is 8.89. The molecule has 0 amide bonds. The molecule has 0 aliphatic carbocycles. The van der Waals surface area contributed by atoms with Crippen LogP contribution in [-0.4, -0.2) is 14.2 Å². The fourth-order valence-electron chi connectivity index (χ4n) is 1.90. The van der Waals surface area contributed by atoms with Gasteiger partial charge in [0.05, 0.1) is 7.11 Å². The molecule has 0 heterocycles. The van der Waals surface area contributed by atoms with Gasteiger partial charge < -0.3 is 15.4 Å². The van der Waals surface area contributed by atoms with Crippen LogP contribution in [0.1, 0.15) is 5.56 Å². The SMILES string of the molecule is COc1cccc(CN(C)c2cccc(N)c2)c1. The van der Waals surface area contributed by atoms with Crippen LogP contribution in [0.2, 0.25) is 0 Å². The van der Waals surface area contributed by atoms with Crippen LogP contribution in [0.5, 0.6) is 5.75 Å². The van der Waals surface area contributed by atoms with Crippen LogP contribution < -0.4 is 15.4 Å². The third-order valence-corrected chi connectivity index (χ3v) is 2.86. The van der Waals surface area contributed by atoms with Gasteiger partial charge in [0.2, 0.25) is 0 Å². The number of methoxy groups -OCH3 is 1. The highest BCUT2D eigenvalue weighted by molar-refractivity contribution is 5.55. The number of nitrogen functional groups attached to an aromatic ring is 1. The molecular formula is C15H18N2O. The summed E-state index contributed by atoms with van der Waals surface area (Å²) in [5, 5.41) is 0. The third-order valence-electron chi connectivity index (χ3n) is 2.86. The topological polar surface area (TPSA) is 38.5 Å². The van der Waals surface area contributed by atoms with E-state index in [4.69, 9.17) is 10.5 Å². The van der Waals surface area contributed by atoms with Gasteiger partial charge in [-0.15, -0.1) is 0 Å². The van der Waals surface area contributed by atoms with E-state index in [2.05, 4.69) is 17.0 Å². The molecule has 2 aromatic rings. The Kier molecular flexibility index (Phi) is 3.72. The number of benzene rings is 2. The Morgan fingerprint density at radius 2 is 1.89 bits per heavy atom. The number of ether oxygens (including phenoxy) is 1. The van der Waals surface area contributed by atoms with Crippen molar-refractivity contribution in [2.75, 3.05) is 24.8 Å². The van der Waals surface area contributed by atoms with Crippen molar-refractivity contribution in [2.45, 2.75) is 6.54 Å². The van der Waals surface area contributed by atoms with E-state index in [1.807, 2.05) is 43.4 Å². The second-order valence-corrected chi connectivity index (χ2v) is 4.30. The third kappa shape index (κ3) is 2.94. The summed E-state index contributed by atoms with van der Waals surface area (Å²) in [5.74, 6) is 0.883. The zero-order valence-electron chi connectivity index (χ0n) is 10.8. The van der Waals surface area contributed by atoms with Gasteiger partial charge in [-0.3, -0.25) is 0 Å². The van der Waals surface area contributed by atoms with Crippen molar-refractivity contribution in [3.63, 3.8) is 0 Å². The molecule has 3 nitrogen and oxygen atoms in total. The second kappa shape index (κ2) is 5.45. The van der Waals surface area contributed by atoms with E-state index in [0.717, 1.165) is 23.7 Å². The molecule has 0 aliphatic heterocycles. The standard InChI is InChI=1S/C15H18N2O/c1-17(14-7-4-6-13(16)10-14)11-12-5-3-8-15(9-12)18-2/h3-10H,11,16H2,1-2H3. The molecule has 0 unspecified atom stereocenters. The molecule has 94 valence electrons. The molecule has 0 aliphatic rings. The first-order chi connectivity index (χ1) is 8.69. The predicted octanol–water partition coefficient (Wildman–Crippen LogP) is 2.91. The smallest absolute Gasteiger partial charge is 0.119 e. The summed E-state index contributed by atoms with van der Waals surface area (Å²) in [4.78, 5) is 2.16. The van der Waals surface area contributed by atoms with Crippen molar-refractivity contribution in [3.8, 4) is 5.75 Å². The summed E-state index contributed by atoms with van der Waals surface area (Å²) in [6, 6.07) is 16.0. The summed E-state index contributed by atoms with van der Waals surface area (Å²) >= 11 is 0. The van der Waals surface area contributed by atoms with Crippen molar-refractivity contribution >= 4 is 11.4 Å². The molecule has 0 aromatic heterocycles. The number of hydrogen-bond donors (Lipinski definition) is 1. The number of nitrogens with zero attached hydrogens (tertiary/aromatic N) is 1. The highest BCUT2D eigenvalue weighted by Gasteiger charge is 2.03. The van der Waals surface area contributed by atoms with Gasteiger partial charge in [0.25, 0.3) is 0 Å². The molecule has 2 N–H and O–H groups in total. The Morgan fingerprint density at radius 3 is 2.61 bits per heavy atom. The van der Waals surface area contributed by atoms with Crippen molar-refractivity contribution in [1.29, 1.82) is 0 Å². The van der Waals surface area contributed by atoms with Crippen LogP contribution in [-0.2, 0) is 6.54 Å². The monoisotopic (exact) mass is 242 g/mol. The first-order valence-corrected chi connectivity index (χ1v) is 5.88. The first kappa shape index (κ1) is 12.3. The summed E-state index contributed by atoms with van der Waals surface area (Å²) in [7, 11) is 3.73. The molecular weight excluding hydrogens is 224 g/mol. The molecule has 3 heteroatoms. The minimum Gasteiger partial charge on any atom is -0.497 e. The summed E-state index contributed by atoms with van der Waals surface area (Å²) < 4.78 is 5.22. The van der Waals surface area contributed by atoms with Crippen molar-refractivity contribution in [3.05, 3.63) is 54.1 Å². The fraction of sp³-hybridized carbons (Fsp3) is 0.200. The van der Waals surface area contributed by atoms with Crippen LogP contribution in [0.4, 0.5) is 11.4 Å². The van der Waals surface area contributed by atoms with Crippen LogP contribution in [0, 0.1) is 0 Å². The van der Waals surface area contributed by atoms with E-state index in [1.165, 1.54) is 5.56 Å². The fourth-order valence-corrected chi connectivity index (χ4v) is 1.90. The molecule has 0 fully saturated rings. The zero-order chi connectivity index (χ0) is 13.0. The maximum Gasteiger partial charge on any atom is 0.119 e. The van der Waals surface area contributed by atoms with E-state index >= 15 is 0 Å². The van der Waals surface area contributed by atoms with Gasteiger partial charge in [-0.05, 0) is 35.9 Å². The lowest BCUT2D eigenvalue weighted by atomic mass is 10.2. The number of nitrogens with two attached hydrogens (primary N) is 1. The average Bonchev–Trinajstić information content (AvgIpc) is 2.39. The Labute approximate surface area is 108 Å². The minimum atomic E-state index is 0.782. The van der Waals surface area contributed by atoms with Crippen molar-refractivity contribution in [2.24, 2.45) is 0 Å². The van der Waals surface area contributed by atoms with Gasteiger partial charge in [0, 0.05) is 25.0 Å². The van der Waals surface area contributed by atoms with Crippen LogP contribution in [0.25, 0.3) is 0 Å². The van der Waals surface area contributed by atoms with Gasteiger partial charge in [0.1, 0.15) is 5.75 Å². The van der Waals surface area contributed by atoms with Crippen LogP contribution >= 0.6 is 0 Å². The number of hydrogen-bond acceptors (Lipinski definition) is 3. The quantitative estimate of drug-likeness (QED) is 0.838. The normalized spacial score (nSPS) is 10.1. The Bertz CT molecular complexity index is 525. The molecule has 0 saturated heterocycles. The van der Waals surface area contributed by atoms with Gasteiger partial charge in [0.15, 0.2) is 0 Å². The number of rotatable bonds is 4. The molecule has 0 spiro atoms. The molecule has 2 rings (SSSR count). The summed E-state index contributed by atoms with van der Waals surface area (Å²) in [6.07, 6.45) is 0. The van der Waals surface area contributed by atoms with Crippen LogP contribution in [0.15, 0.2) is 48.5 Å². The molecule has 18 heavy (non-hydrogen) atoms. The van der Waals surface area contributed by atoms with Crippen molar-refractivity contribution < 1.29 is 4.74 Å². The first-order valence-electron chi connectivity index (χ1n) is 5.88. The lowest BCUT2D eigenvalue weighted by Gasteiger charge is -2.20. The van der Waals surface area contributed by atoms with E-state index in [-0.39, 0.29) is 0 Å². The minimum absolute atomic E-state index is 0.782. The predicted molar refractivity (Wildman–Crippen MR) is 76.0 cm³/mol.